The number of nitrogens with one attached hydrogen (secondary N) is 3. The molecule has 1 aromatic carbocycles. The highest BCUT2D eigenvalue weighted by Gasteiger charge is 2.35. The zero-order chi connectivity index (χ0) is 20.3. The fourth-order valence-electron chi connectivity index (χ4n) is 3.57. The molecule has 0 radical (unpaired) electrons. The van der Waals surface area contributed by atoms with Crippen LogP contribution in [0.15, 0.2) is 24.3 Å². The number of rotatable bonds is 3. The summed E-state index contributed by atoms with van der Waals surface area (Å²) in [7, 11) is 0. The number of hydrazine groups is 1. The molecule has 2 atom stereocenters. The molecule has 2 fully saturated rings. The van der Waals surface area contributed by atoms with Crippen molar-refractivity contribution in [1.29, 1.82) is 0 Å². The van der Waals surface area contributed by atoms with E-state index < -0.39 is 5.60 Å². The van der Waals surface area contributed by atoms with Gasteiger partial charge in [-0.15, -0.1) is 0 Å². The van der Waals surface area contributed by atoms with E-state index in [1.54, 1.807) is 4.90 Å². The Bertz CT molecular complexity index is 696. The molecule has 2 saturated heterocycles. The van der Waals surface area contributed by atoms with Gasteiger partial charge in [-0.25, -0.2) is 10.2 Å². The fraction of sp³-hybridized carbons (Fsp3) is 0.600. The zero-order valence-electron chi connectivity index (χ0n) is 16.6. The second kappa shape index (κ2) is 8.68. The van der Waals surface area contributed by atoms with E-state index in [0.29, 0.717) is 24.7 Å². The summed E-state index contributed by atoms with van der Waals surface area (Å²) in [5.41, 5.74) is 6.79. The number of amides is 2. The number of halogens is 1. The average molecular weight is 409 g/mol. The molecule has 154 valence electrons. The Morgan fingerprint density at radius 1 is 1.18 bits per heavy atom. The fourth-order valence-corrected chi connectivity index (χ4v) is 3.69. The summed E-state index contributed by atoms with van der Waals surface area (Å²) in [6.07, 6.45) is 1.17. The molecule has 2 aliphatic heterocycles. The first kappa shape index (κ1) is 20.9. The Kier molecular flexibility index (Phi) is 6.47. The molecule has 8 heteroatoms. The molecule has 28 heavy (non-hydrogen) atoms. The number of likely N-dealkylation sites (tertiary alicyclic amines) is 1. The lowest BCUT2D eigenvalue weighted by atomic mass is 9.93. The van der Waals surface area contributed by atoms with Crippen LogP contribution in [0.1, 0.15) is 45.2 Å². The van der Waals surface area contributed by atoms with Crippen molar-refractivity contribution in [3.05, 3.63) is 34.9 Å². The summed E-state index contributed by atoms with van der Waals surface area (Å²) in [6.45, 7) is 7.31. The van der Waals surface area contributed by atoms with Crippen LogP contribution in [0.3, 0.4) is 0 Å². The maximum atomic E-state index is 12.8. The van der Waals surface area contributed by atoms with Crippen LogP contribution in [0, 0.1) is 5.92 Å². The van der Waals surface area contributed by atoms with Crippen molar-refractivity contribution < 1.29 is 14.3 Å². The van der Waals surface area contributed by atoms with E-state index in [4.69, 9.17) is 16.3 Å². The maximum Gasteiger partial charge on any atom is 0.410 e. The SMILES string of the molecule is CC(C)(C)OC(=O)N1CCC(NC(=O)C2CNNC2c2ccc(Cl)cc2)CC1. The van der Waals surface area contributed by atoms with Gasteiger partial charge in [0.2, 0.25) is 5.91 Å². The molecule has 0 saturated carbocycles. The topological polar surface area (TPSA) is 82.7 Å². The number of nitrogens with zero attached hydrogens (tertiary/aromatic N) is 1. The zero-order valence-corrected chi connectivity index (χ0v) is 17.4. The van der Waals surface area contributed by atoms with E-state index in [1.807, 2.05) is 45.0 Å². The van der Waals surface area contributed by atoms with Crippen LogP contribution in [-0.4, -0.2) is 48.2 Å². The molecule has 0 bridgehead atoms. The van der Waals surface area contributed by atoms with Crippen LogP contribution in [0.2, 0.25) is 5.02 Å². The van der Waals surface area contributed by atoms with E-state index in [-0.39, 0.29) is 30.0 Å². The highest BCUT2D eigenvalue weighted by atomic mass is 35.5. The van der Waals surface area contributed by atoms with Crippen LogP contribution in [0.25, 0.3) is 0 Å². The van der Waals surface area contributed by atoms with Gasteiger partial charge in [-0.1, -0.05) is 23.7 Å². The second-order valence-corrected chi connectivity index (χ2v) is 8.85. The third kappa shape index (κ3) is 5.37. The van der Waals surface area contributed by atoms with Crippen LogP contribution < -0.4 is 16.2 Å². The van der Waals surface area contributed by atoms with Crippen molar-refractivity contribution in [1.82, 2.24) is 21.1 Å². The molecule has 1 aromatic rings. The molecule has 2 unspecified atom stereocenters. The average Bonchev–Trinajstić information content (AvgIpc) is 3.11. The first-order valence-corrected chi connectivity index (χ1v) is 10.1. The molecule has 3 N–H and O–H groups in total. The van der Waals surface area contributed by atoms with Crippen molar-refractivity contribution in [2.45, 2.75) is 51.3 Å². The van der Waals surface area contributed by atoms with Gasteiger partial charge in [0, 0.05) is 30.7 Å². The van der Waals surface area contributed by atoms with E-state index >= 15 is 0 Å². The minimum Gasteiger partial charge on any atom is -0.444 e. The summed E-state index contributed by atoms with van der Waals surface area (Å²) >= 11 is 5.96. The Labute approximate surface area is 171 Å². The molecule has 3 rings (SSSR count). The summed E-state index contributed by atoms with van der Waals surface area (Å²) in [5, 5.41) is 3.83. The van der Waals surface area contributed by atoms with Gasteiger partial charge in [0.25, 0.3) is 0 Å². The molecule has 2 amide bonds. The lowest BCUT2D eigenvalue weighted by molar-refractivity contribution is -0.125. The quantitative estimate of drug-likeness (QED) is 0.716. The second-order valence-electron chi connectivity index (χ2n) is 8.41. The highest BCUT2D eigenvalue weighted by Crippen LogP contribution is 2.26. The first-order valence-electron chi connectivity index (χ1n) is 9.75. The predicted octanol–water partition coefficient (Wildman–Crippen LogP) is 2.62. The van der Waals surface area contributed by atoms with Gasteiger partial charge in [0.05, 0.1) is 12.0 Å². The molecule has 0 aromatic heterocycles. The Balaban J connectivity index is 1.51. The Morgan fingerprint density at radius 2 is 1.82 bits per heavy atom. The third-order valence-electron chi connectivity index (χ3n) is 5.04. The molecule has 7 nitrogen and oxygen atoms in total. The van der Waals surface area contributed by atoms with Gasteiger partial charge < -0.3 is 15.0 Å². The summed E-state index contributed by atoms with van der Waals surface area (Å²) in [5.74, 6) is -0.182. The van der Waals surface area contributed by atoms with Crippen molar-refractivity contribution in [2.75, 3.05) is 19.6 Å². The number of carbonyl (C=O) groups is 2. The van der Waals surface area contributed by atoms with Gasteiger partial charge in [-0.05, 0) is 51.3 Å². The lowest BCUT2D eigenvalue weighted by Crippen LogP contribution is -2.49. The van der Waals surface area contributed by atoms with E-state index in [2.05, 4.69) is 16.2 Å². The van der Waals surface area contributed by atoms with Crippen LogP contribution in [0.5, 0.6) is 0 Å². The van der Waals surface area contributed by atoms with E-state index in [9.17, 15) is 9.59 Å². The molecule has 0 aliphatic carbocycles. The number of ether oxygens (including phenoxy) is 1. The van der Waals surface area contributed by atoms with Crippen molar-refractivity contribution >= 4 is 23.6 Å². The predicted molar refractivity (Wildman–Crippen MR) is 108 cm³/mol. The van der Waals surface area contributed by atoms with Crippen molar-refractivity contribution in [2.24, 2.45) is 5.92 Å². The monoisotopic (exact) mass is 408 g/mol. The largest absolute Gasteiger partial charge is 0.444 e. The summed E-state index contributed by atoms with van der Waals surface area (Å²) < 4.78 is 5.42. The molecular formula is C20H29ClN4O3. The maximum absolute atomic E-state index is 12.8. The number of carbonyl (C=O) groups excluding carboxylic acids is 2. The molecule has 2 heterocycles. The van der Waals surface area contributed by atoms with E-state index in [1.165, 1.54) is 0 Å². The first-order chi connectivity index (χ1) is 13.2. The van der Waals surface area contributed by atoms with Gasteiger partial charge in [-0.2, -0.15) is 0 Å². The number of piperidine rings is 1. The summed E-state index contributed by atoms with van der Waals surface area (Å²) in [6, 6.07) is 7.51. The minimum absolute atomic E-state index is 0.0215. The number of benzene rings is 1. The summed E-state index contributed by atoms with van der Waals surface area (Å²) in [4.78, 5) is 26.7. The van der Waals surface area contributed by atoms with Crippen LogP contribution in [0.4, 0.5) is 4.79 Å². The number of hydrogen-bond donors (Lipinski definition) is 3. The van der Waals surface area contributed by atoms with E-state index in [0.717, 1.165) is 18.4 Å². The van der Waals surface area contributed by atoms with Crippen LogP contribution in [-0.2, 0) is 9.53 Å². The molecule has 2 aliphatic rings. The highest BCUT2D eigenvalue weighted by molar-refractivity contribution is 6.30. The minimum atomic E-state index is -0.499. The van der Waals surface area contributed by atoms with Gasteiger partial charge in [-0.3, -0.25) is 10.2 Å². The number of hydrogen-bond acceptors (Lipinski definition) is 5. The standard InChI is InChI=1S/C20H29ClN4O3/c1-20(2,3)28-19(27)25-10-8-15(9-11-25)23-18(26)16-12-22-24-17(16)13-4-6-14(21)7-5-13/h4-7,15-17,22,24H,8-12H2,1-3H3,(H,23,26). The lowest BCUT2D eigenvalue weighted by Gasteiger charge is -2.34. The smallest absolute Gasteiger partial charge is 0.410 e. The van der Waals surface area contributed by atoms with Crippen LogP contribution >= 0.6 is 11.6 Å². The van der Waals surface area contributed by atoms with Crippen molar-refractivity contribution in [3.63, 3.8) is 0 Å². The Hall–Kier alpha value is -1.83. The Morgan fingerprint density at radius 3 is 2.43 bits per heavy atom. The van der Waals surface area contributed by atoms with Gasteiger partial charge >= 0.3 is 6.09 Å². The third-order valence-corrected chi connectivity index (χ3v) is 5.29. The van der Waals surface area contributed by atoms with Gasteiger partial charge in [0.1, 0.15) is 5.60 Å². The molecular weight excluding hydrogens is 380 g/mol. The normalized spacial score (nSPS) is 23.5. The van der Waals surface area contributed by atoms with Crippen molar-refractivity contribution in [3.8, 4) is 0 Å². The van der Waals surface area contributed by atoms with Gasteiger partial charge in [0.15, 0.2) is 0 Å². The molecule has 0 spiro atoms.